The molecule has 0 atom stereocenters. The molecule has 0 aliphatic carbocycles. The standard InChI is InChI=1S/C23H36N4O5/c1-4-31-14-6-11-24-22(29)19-15-18(26-23(30)25-16-21(28)32-5-2)7-8-20(19)27-12-9-17(3)10-13-27/h7-8,15,17H,4-6,9-14,16H2,1-3H3,(H,24,29)(H2,25,26,30). The number of nitrogens with zero attached hydrogens (tertiary/aromatic N) is 1. The SMILES string of the molecule is CCOCCCNC(=O)c1cc(NC(=O)NCC(=O)OCC)ccc1N1CCC(C)CC1. The Kier molecular flexibility index (Phi) is 10.8. The van der Waals surface area contributed by atoms with Crippen molar-refractivity contribution in [3.8, 4) is 0 Å². The molecule has 1 aliphatic rings. The highest BCUT2D eigenvalue weighted by Crippen LogP contribution is 2.28. The smallest absolute Gasteiger partial charge is 0.325 e. The Hall–Kier alpha value is -2.81. The van der Waals surface area contributed by atoms with Crippen LogP contribution in [0.5, 0.6) is 0 Å². The number of hydrogen-bond donors (Lipinski definition) is 3. The second-order valence-corrected chi connectivity index (χ2v) is 7.82. The van der Waals surface area contributed by atoms with Gasteiger partial charge in [-0.2, -0.15) is 0 Å². The molecule has 1 saturated heterocycles. The molecule has 2 rings (SSSR count). The van der Waals surface area contributed by atoms with Crippen LogP contribution < -0.4 is 20.9 Å². The molecular formula is C23H36N4O5. The van der Waals surface area contributed by atoms with Crippen molar-refractivity contribution in [3.63, 3.8) is 0 Å². The maximum atomic E-state index is 13.0. The molecule has 0 saturated carbocycles. The van der Waals surface area contributed by atoms with E-state index >= 15 is 0 Å². The Bertz CT molecular complexity index is 763. The second kappa shape index (κ2) is 13.6. The number of carbonyl (C=O) groups is 3. The van der Waals surface area contributed by atoms with Crippen LogP contribution in [0.25, 0.3) is 0 Å². The Morgan fingerprint density at radius 3 is 2.53 bits per heavy atom. The van der Waals surface area contributed by atoms with Crippen LogP contribution in [0.1, 0.15) is 50.4 Å². The van der Waals surface area contributed by atoms with Gasteiger partial charge in [-0.25, -0.2) is 4.79 Å². The Morgan fingerprint density at radius 1 is 1.09 bits per heavy atom. The number of nitrogens with one attached hydrogen (secondary N) is 3. The summed E-state index contributed by atoms with van der Waals surface area (Å²) in [7, 11) is 0. The van der Waals surface area contributed by atoms with Gasteiger partial charge in [0.15, 0.2) is 0 Å². The van der Waals surface area contributed by atoms with Gasteiger partial charge in [-0.05, 0) is 57.2 Å². The number of rotatable bonds is 11. The fourth-order valence-electron chi connectivity index (χ4n) is 3.48. The summed E-state index contributed by atoms with van der Waals surface area (Å²) in [6.07, 6.45) is 2.88. The van der Waals surface area contributed by atoms with Crippen LogP contribution >= 0.6 is 0 Å². The van der Waals surface area contributed by atoms with E-state index in [9.17, 15) is 14.4 Å². The van der Waals surface area contributed by atoms with Gasteiger partial charge < -0.3 is 30.3 Å². The summed E-state index contributed by atoms with van der Waals surface area (Å²) in [4.78, 5) is 38.7. The maximum absolute atomic E-state index is 13.0. The van der Waals surface area contributed by atoms with Crippen LogP contribution in [0.4, 0.5) is 16.2 Å². The van der Waals surface area contributed by atoms with Crippen molar-refractivity contribution in [1.82, 2.24) is 10.6 Å². The van der Waals surface area contributed by atoms with E-state index in [-0.39, 0.29) is 19.1 Å². The van der Waals surface area contributed by atoms with Crippen molar-refractivity contribution in [2.24, 2.45) is 5.92 Å². The van der Waals surface area contributed by atoms with Gasteiger partial charge in [0.25, 0.3) is 5.91 Å². The van der Waals surface area contributed by atoms with E-state index in [0.717, 1.165) is 38.0 Å². The van der Waals surface area contributed by atoms with Gasteiger partial charge in [-0.15, -0.1) is 0 Å². The minimum absolute atomic E-state index is 0.189. The third-order valence-corrected chi connectivity index (χ3v) is 5.28. The summed E-state index contributed by atoms with van der Waals surface area (Å²) in [6, 6.07) is 4.77. The number of amides is 3. The van der Waals surface area contributed by atoms with E-state index in [4.69, 9.17) is 9.47 Å². The van der Waals surface area contributed by atoms with Crippen LogP contribution in [0, 0.1) is 5.92 Å². The summed E-state index contributed by atoms with van der Waals surface area (Å²) in [5.74, 6) is -0.0266. The van der Waals surface area contributed by atoms with E-state index in [1.165, 1.54) is 0 Å². The van der Waals surface area contributed by atoms with Gasteiger partial charge in [-0.3, -0.25) is 9.59 Å². The molecule has 1 fully saturated rings. The molecule has 3 amide bonds. The first-order chi connectivity index (χ1) is 15.4. The Labute approximate surface area is 190 Å². The van der Waals surface area contributed by atoms with Gasteiger partial charge in [-0.1, -0.05) is 6.92 Å². The van der Waals surface area contributed by atoms with Crippen molar-refractivity contribution in [2.45, 2.75) is 40.0 Å². The van der Waals surface area contributed by atoms with Gasteiger partial charge in [0.2, 0.25) is 0 Å². The molecule has 1 aromatic rings. The van der Waals surface area contributed by atoms with Crippen LogP contribution in [-0.2, 0) is 14.3 Å². The molecule has 9 heteroatoms. The lowest BCUT2D eigenvalue weighted by Gasteiger charge is -2.33. The monoisotopic (exact) mass is 448 g/mol. The topological polar surface area (TPSA) is 109 Å². The maximum Gasteiger partial charge on any atom is 0.325 e. The minimum atomic E-state index is -0.541. The van der Waals surface area contributed by atoms with Crippen molar-refractivity contribution in [1.29, 1.82) is 0 Å². The molecule has 32 heavy (non-hydrogen) atoms. The number of hydrogen-bond acceptors (Lipinski definition) is 6. The zero-order valence-corrected chi connectivity index (χ0v) is 19.4. The highest BCUT2D eigenvalue weighted by atomic mass is 16.5. The first-order valence-corrected chi connectivity index (χ1v) is 11.4. The summed E-state index contributed by atoms with van der Waals surface area (Å²) >= 11 is 0. The van der Waals surface area contributed by atoms with Crippen molar-refractivity contribution in [2.75, 3.05) is 56.2 Å². The average Bonchev–Trinajstić information content (AvgIpc) is 2.78. The van der Waals surface area contributed by atoms with Crippen LogP contribution in [0.2, 0.25) is 0 Å². The zero-order valence-electron chi connectivity index (χ0n) is 19.4. The molecule has 0 aromatic heterocycles. The molecule has 0 bridgehead atoms. The number of piperidine rings is 1. The Balaban J connectivity index is 2.08. The second-order valence-electron chi connectivity index (χ2n) is 7.82. The number of carbonyl (C=O) groups excluding carboxylic acids is 3. The minimum Gasteiger partial charge on any atom is -0.465 e. The number of urea groups is 1. The lowest BCUT2D eigenvalue weighted by Crippen LogP contribution is -2.36. The van der Waals surface area contributed by atoms with Crippen molar-refractivity contribution >= 4 is 29.3 Å². The Morgan fingerprint density at radius 2 is 1.84 bits per heavy atom. The zero-order chi connectivity index (χ0) is 23.3. The number of esters is 1. The molecule has 1 aliphatic heterocycles. The summed E-state index contributed by atoms with van der Waals surface area (Å²) < 4.78 is 10.1. The summed E-state index contributed by atoms with van der Waals surface area (Å²) in [5, 5.41) is 8.08. The average molecular weight is 449 g/mol. The third-order valence-electron chi connectivity index (χ3n) is 5.28. The molecule has 1 heterocycles. The fourth-order valence-corrected chi connectivity index (χ4v) is 3.48. The largest absolute Gasteiger partial charge is 0.465 e. The molecule has 9 nitrogen and oxygen atoms in total. The van der Waals surface area contributed by atoms with Gasteiger partial charge in [0.1, 0.15) is 6.54 Å². The van der Waals surface area contributed by atoms with Crippen LogP contribution in [0.3, 0.4) is 0 Å². The quantitative estimate of drug-likeness (QED) is 0.355. The molecule has 0 spiro atoms. The van der Waals surface area contributed by atoms with Gasteiger partial charge in [0, 0.05) is 44.2 Å². The lowest BCUT2D eigenvalue weighted by molar-refractivity contribution is -0.141. The predicted octanol–water partition coefficient (Wildman–Crippen LogP) is 2.76. The van der Waals surface area contributed by atoms with Crippen molar-refractivity contribution < 1.29 is 23.9 Å². The normalized spacial score (nSPS) is 14.0. The molecular weight excluding hydrogens is 412 g/mol. The molecule has 1 aromatic carbocycles. The van der Waals surface area contributed by atoms with Crippen molar-refractivity contribution in [3.05, 3.63) is 23.8 Å². The summed E-state index contributed by atoms with van der Waals surface area (Å²) in [5.41, 5.74) is 1.84. The number of anilines is 2. The van der Waals surface area contributed by atoms with Crippen LogP contribution in [-0.4, -0.2) is 63.9 Å². The number of benzene rings is 1. The highest BCUT2D eigenvalue weighted by Gasteiger charge is 2.22. The first-order valence-electron chi connectivity index (χ1n) is 11.4. The van der Waals surface area contributed by atoms with Crippen LogP contribution in [0.15, 0.2) is 18.2 Å². The van der Waals surface area contributed by atoms with Gasteiger partial charge in [0.05, 0.1) is 12.2 Å². The third kappa shape index (κ3) is 8.37. The first kappa shape index (κ1) is 25.5. The molecule has 0 unspecified atom stereocenters. The highest BCUT2D eigenvalue weighted by molar-refractivity contribution is 6.02. The fraction of sp³-hybridized carbons (Fsp3) is 0.609. The van der Waals surface area contributed by atoms with E-state index in [1.54, 1.807) is 19.1 Å². The van der Waals surface area contributed by atoms with E-state index < -0.39 is 12.0 Å². The van der Waals surface area contributed by atoms with E-state index in [1.807, 2.05) is 13.0 Å². The predicted molar refractivity (Wildman–Crippen MR) is 124 cm³/mol. The molecule has 0 radical (unpaired) electrons. The molecule has 3 N–H and O–H groups in total. The number of ether oxygens (including phenoxy) is 2. The molecule has 178 valence electrons. The van der Waals surface area contributed by atoms with E-state index in [2.05, 4.69) is 27.8 Å². The van der Waals surface area contributed by atoms with Gasteiger partial charge >= 0.3 is 12.0 Å². The lowest BCUT2D eigenvalue weighted by atomic mass is 9.98. The summed E-state index contributed by atoms with van der Waals surface area (Å²) in [6.45, 7) is 9.43. The van der Waals surface area contributed by atoms with E-state index in [0.29, 0.717) is 36.9 Å².